The number of aromatic nitrogens is 1. The second-order valence-electron chi connectivity index (χ2n) is 11.0. The van der Waals surface area contributed by atoms with Crippen molar-refractivity contribution in [3.05, 3.63) is 89.6 Å². The molecule has 0 bridgehead atoms. The van der Waals surface area contributed by atoms with E-state index in [2.05, 4.69) is 20.9 Å². The molecule has 4 atom stereocenters. The highest BCUT2D eigenvalue weighted by atomic mass is 16.2. The van der Waals surface area contributed by atoms with Gasteiger partial charge < -0.3 is 15.6 Å². The fraction of sp³-hybridized carbons (Fsp3) is 0.250. The van der Waals surface area contributed by atoms with Gasteiger partial charge in [0, 0.05) is 47.0 Å². The maximum atomic E-state index is 14.3. The summed E-state index contributed by atoms with van der Waals surface area (Å²) in [5, 5.41) is 10.4. The van der Waals surface area contributed by atoms with Crippen LogP contribution in [0, 0.1) is 11.8 Å². The number of rotatable bonds is 5. The molecular weight excluding hydrogens is 518 g/mol. The average Bonchev–Trinajstić information content (AvgIpc) is 3.67. The first-order valence-corrected chi connectivity index (χ1v) is 13.9. The maximum absolute atomic E-state index is 14.3. The number of carbonyl (C=O) groups excluding carboxylic acids is 4. The number of anilines is 3. The number of aromatic amines is 1. The quantitative estimate of drug-likeness (QED) is 0.283. The van der Waals surface area contributed by atoms with Crippen molar-refractivity contribution in [1.29, 1.82) is 0 Å². The summed E-state index contributed by atoms with van der Waals surface area (Å²) >= 11 is 0. The molecule has 41 heavy (non-hydrogen) atoms. The predicted molar refractivity (Wildman–Crippen MR) is 155 cm³/mol. The molecule has 9 heteroatoms. The van der Waals surface area contributed by atoms with E-state index in [1.807, 2.05) is 55.6 Å². The third-order valence-electron chi connectivity index (χ3n) is 8.78. The molecule has 3 aliphatic rings. The molecule has 4 heterocycles. The fourth-order valence-electron chi connectivity index (χ4n) is 7.05. The van der Waals surface area contributed by atoms with Gasteiger partial charge in [0.15, 0.2) is 0 Å². The minimum Gasteiger partial charge on any atom is -0.361 e. The zero-order valence-electron chi connectivity index (χ0n) is 22.7. The Kier molecular flexibility index (Phi) is 5.62. The van der Waals surface area contributed by atoms with Gasteiger partial charge in [-0.3, -0.25) is 24.5 Å². The Morgan fingerprint density at radius 1 is 0.951 bits per heavy atom. The highest BCUT2D eigenvalue weighted by molar-refractivity contribution is 6.26. The van der Waals surface area contributed by atoms with Crippen LogP contribution >= 0.6 is 0 Å². The lowest BCUT2D eigenvalue weighted by molar-refractivity contribution is -0.130. The van der Waals surface area contributed by atoms with E-state index in [4.69, 9.17) is 0 Å². The van der Waals surface area contributed by atoms with Crippen LogP contribution in [0.5, 0.6) is 0 Å². The molecule has 9 nitrogen and oxygen atoms in total. The van der Waals surface area contributed by atoms with Crippen molar-refractivity contribution in [2.45, 2.75) is 38.3 Å². The molecule has 1 spiro atoms. The van der Waals surface area contributed by atoms with E-state index in [0.717, 1.165) is 27.7 Å². The van der Waals surface area contributed by atoms with Crippen molar-refractivity contribution in [2.75, 3.05) is 15.5 Å². The number of hydrogen-bond acceptors (Lipinski definition) is 5. The van der Waals surface area contributed by atoms with Crippen LogP contribution in [0.1, 0.15) is 30.5 Å². The second-order valence-corrected chi connectivity index (χ2v) is 11.0. The summed E-state index contributed by atoms with van der Waals surface area (Å²) in [4.78, 5) is 58.5. The van der Waals surface area contributed by atoms with Crippen molar-refractivity contribution in [1.82, 2.24) is 10.3 Å². The number of para-hydroxylation sites is 2. The molecule has 1 aromatic heterocycles. The normalized spacial score (nSPS) is 24.7. The summed E-state index contributed by atoms with van der Waals surface area (Å²) in [6, 6.07) is 19.9. The third-order valence-corrected chi connectivity index (χ3v) is 8.78. The molecule has 4 amide bonds. The molecule has 0 radical (unpaired) electrons. The Morgan fingerprint density at radius 2 is 1.73 bits per heavy atom. The topological polar surface area (TPSA) is 123 Å². The average molecular weight is 548 g/mol. The number of nitrogens with zero attached hydrogens (tertiary/aromatic N) is 1. The zero-order chi connectivity index (χ0) is 28.5. The minimum absolute atomic E-state index is 0.217. The third kappa shape index (κ3) is 3.58. The first-order chi connectivity index (χ1) is 19.8. The van der Waals surface area contributed by atoms with Crippen LogP contribution in [0.15, 0.2) is 72.9 Å². The Balaban J connectivity index is 1.34. The summed E-state index contributed by atoms with van der Waals surface area (Å²) in [5.74, 6) is -2.96. The molecule has 4 aromatic rings. The number of H-pyrrole nitrogens is 1. The van der Waals surface area contributed by atoms with E-state index in [1.54, 1.807) is 24.3 Å². The largest absolute Gasteiger partial charge is 0.361 e. The Labute approximate surface area is 236 Å². The van der Waals surface area contributed by atoms with Crippen LogP contribution in [0.4, 0.5) is 17.1 Å². The summed E-state index contributed by atoms with van der Waals surface area (Å²) < 4.78 is 0. The fourth-order valence-corrected chi connectivity index (χ4v) is 7.05. The first-order valence-electron chi connectivity index (χ1n) is 13.9. The molecule has 0 aliphatic carbocycles. The highest BCUT2D eigenvalue weighted by Gasteiger charge is 2.70. The SMILES string of the molecule is CCc1cccc2c1NC(=O)C21NC(Cc2c[nH]c3ccccc23)[C@H]2C(=O)N(c3ccc(NC(C)=O)cc3)C(=O)[C@H]21. The van der Waals surface area contributed by atoms with Gasteiger partial charge in [0.2, 0.25) is 23.6 Å². The molecule has 4 N–H and O–H groups in total. The zero-order valence-corrected chi connectivity index (χ0v) is 22.7. The number of carbonyl (C=O) groups is 4. The van der Waals surface area contributed by atoms with Crippen LogP contribution in [-0.4, -0.2) is 34.7 Å². The van der Waals surface area contributed by atoms with E-state index in [-0.39, 0.29) is 17.7 Å². The minimum atomic E-state index is -1.38. The summed E-state index contributed by atoms with van der Waals surface area (Å²) in [5.41, 5.74) is 4.00. The Morgan fingerprint density at radius 3 is 2.49 bits per heavy atom. The lowest BCUT2D eigenvalue weighted by Gasteiger charge is -2.29. The van der Waals surface area contributed by atoms with E-state index < -0.39 is 29.3 Å². The van der Waals surface area contributed by atoms with Gasteiger partial charge in [-0.15, -0.1) is 0 Å². The number of fused-ring (bicyclic) bond motifs is 5. The van der Waals surface area contributed by atoms with Crippen LogP contribution in [0.25, 0.3) is 10.9 Å². The van der Waals surface area contributed by atoms with Crippen molar-refractivity contribution in [2.24, 2.45) is 11.8 Å². The molecule has 206 valence electrons. The smallest absolute Gasteiger partial charge is 0.250 e. The van der Waals surface area contributed by atoms with E-state index >= 15 is 0 Å². The van der Waals surface area contributed by atoms with Crippen LogP contribution in [0.2, 0.25) is 0 Å². The summed E-state index contributed by atoms with van der Waals surface area (Å²) in [6.07, 6.45) is 3.10. The molecule has 0 saturated carbocycles. The van der Waals surface area contributed by atoms with Crippen LogP contribution in [-0.2, 0) is 37.6 Å². The molecule has 2 saturated heterocycles. The van der Waals surface area contributed by atoms with Gasteiger partial charge >= 0.3 is 0 Å². The summed E-state index contributed by atoms with van der Waals surface area (Å²) in [7, 11) is 0. The van der Waals surface area contributed by atoms with E-state index in [9.17, 15) is 19.2 Å². The highest BCUT2D eigenvalue weighted by Crippen LogP contribution is 2.54. The Bertz CT molecular complexity index is 1760. The molecule has 2 unspecified atom stereocenters. The van der Waals surface area contributed by atoms with Crippen LogP contribution < -0.4 is 20.9 Å². The van der Waals surface area contributed by atoms with Crippen molar-refractivity contribution in [3.8, 4) is 0 Å². The number of aryl methyl sites for hydroxylation is 1. The van der Waals surface area contributed by atoms with E-state index in [1.165, 1.54) is 11.8 Å². The van der Waals surface area contributed by atoms with Gasteiger partial charge in [-0.25, -0.2) is 4.90 Å². The number of nitrogens with one attached hydrogen (secondary N) is 4. The van der Waals surface area contributed by atoms with Gasteiger partial charge in [0.1, 0.15) is 5.54 Å². The predicted octanol–water partition coefficient (Wildman–Crippen LogP) is 3.86. The van der Waals surface area contributed by atoms with Gasteiger partial charge in [0.25, 0.3) is 0 Å². The monoisotopic (exact) mass is 547 g/mol. The summed E-state index contributed by atoms with van der Waals surface area (Å²) in [6.45, 7) is 3.44. The van der Waals surface area contributed by atoms with Crippen molar-refractivity contribution in [3.63, 3.8) is 0 Å². The second kappa shape index (κ2) is 9.14. The Hall–Kier alpha value is -4.76. The van der Waals surface area contributed by atoms with Crippen molar-refractivity contribution >= 4 is 51.6 Å². The van der Waals surface area contributed by atoms with E-state index in [0.29, 0.717) is 29.8 Å². The van der Waals surface area contributed by atoms with Crippen LogP contribution in [0.3, 0.4) is 0 Å². The molecule has 3 aliphatic heterocycles. The lowest BCUT2D eigenvalue weighted by Crippen LogP contribution is -2.53. The molecule has 7 rings (SSSR count). The number of amides is 4. The molecule has 3 aromatic carbocycles. The first kappa shape index (κ1) is 25.2. The standard InChI is InChI=1S/C32H29N5O4/c1-3-18-7-6-9-23-28(18)35-31(41)32(23)27-26(25(36-32)15-19-16-33-24-10-5-4-8-22(19)24)29(39)37(30(27)40)21-13-11-20(12-14-21)34-17(2)38/h4-14,16,25-27,33,36H,3,15H2,1-2H3,(H,34,38)(H,35,41)/t25?,26-,27+,32?/m1/s1. The lowest BCUT2D eigenvalue weighted by atomic mass is 9.76. The van der Waals surface area contributed by atoms with Gasteiger partial charge in [-0.05, 0) is 54.3 Å². The van der Waals surface area contributed by atoms with Crippen molar-refractivity contribution < 1.29 is 19.2 Å². The molecular formula is C32H29N5O4. The number of benzene rings is 3. The van der Waals surface area contributed by atoms with Gasteiger partial charge in [0.05, 0.1) is 17.5 Å². The maximum Gasteiger partial charge on any atom is 0.250 e. The molecule has 2 fully saturated rings. The number of hydrogen-bond donors (Lipinski definition) is 4. The number of imide groups is 1. The van der Waals surface area contributed by atoms with Gasteiger partial charge in [-0.2, -0.15) is 0 Å². The van der Waals surface area contributed by atoms with Gasteiger partial charge in [-0.1, -0.05) is 43.3 Å².